The molecule has 0 unspecified atom stereocenters. The van der Waals surface area contributed by atoms with Crippen LogP contribution in [0.5, 0.6) is 17.2 Å². The van der Waals surface area contributed by atoms with Crippen LogP contribution in [0.4, 0.5) is 5.69 Å². The van der Waals surface area contributed by atoms with Gasteiger partial charge in [-0.15, -0.1) is 0 Å². The fourth-order valence-electron chi connectivity index (χ4n) is 2.79. The van der Waals surface area contributed by atoms with Crippen molar-refractivity contribution in [3.05, 3.63) is 92.4 Å². The molecule has 3 rings (SSSR count). The summed E-state index contributed by atoms with van der Waals surface area (Å²) in [5, 5.41) is 14.9. The molecule has 0 radical (unpaired) electrons. The van der Waals surface area contributed by atoms with Gasteiger partial charge in [-0.25, -0.2) is 10.2 Å². The predicted octanol–water partition coefficient (Wildman–Crippen LogP) is 4.50. The number of nitro benzene ring substituents is 1. The maximum absolute atomic E-state index is 12.4. The molecule has 1 N–H and O–H groups in total. The van der Waals surface area contributed by atoms with Gasteiger partial charge in [-0.2, -0.15) is 5.10 Å². The predicted molar refractivity (Wildman–Crippen MR) is 131 cm³/mol. The van der Waals surface area contributed by atoms with E-state index in [9.17, 15) is 19.7 Å². The summed E-state index contributed by atoms with van der Waals surface area (Å²) in [6.45, 7) is 1.67. The van der Waals surface area contributed by atoms with E-state index in [0.29, 0.717) is 23.5 Å². The van der Waals surface area contributed by atoms with Gasteiger partial charge in [0.1, 0.15) is 0 Å². The van der Waals surface area contributed by atoms with E-state index >= 15 is 0 Å². The number of nitro groups is 1. The highest BCUT2D eigenvalue weighted by Crippen LogP contribution is 2.29. The van der Waals surface area contributed by atoms with Crippen molar-refractivity contribution in [1.82, 2.24) is 5.43 Å². The summed E-state index contributed by atoms with van der Waals surface area (Å²) in [5.74, 6) is -0.603. The Hall–Kier alpha value is -4.25. The van der Waals surface area contributed by atoms with Crippen molar-refractivity contribution in [2.24, 2.45) is 5.10 Å². The first-order chi connectivity index (χ1) is 16.9. The number of carbonyl (C=O) groups excluding carboxylic acids is 2. The van der Waals surface area contributed by atoms with Crippen LogP contribution in [0.15, 0.2) is 76.3 Å². The fraction of sp³-hybridized carbons (Fsp3) is 0.125. The van der Waals surface area contributed by atoms with Crippen molar-refractivity contribution in [1.29, 1.82) is 0 Å². The minimum absolute atomic E-state index is 0.0220. The molecule has 3 aromatic carbocycles. The van der Waals surface area contributed by atoms with Crippen molar-refractivity contribution in [2.45, 2.75) is 6.92 Å². The van der Waals surface area contributed by atoms with Gasteiger partial charge < -0.3 is 14.2 Å². The Morgan fingerprint density at radius 2 is 1.77 bits per heavy atom. The second-order valence-electron chi connectivity index (χ2n) is 6.84. The number of benzene rings is 3. The molecular weight excluding hydrogens is 522 g/mol. The van der Waals surface area contributed by atoms with Gasteiger partial charge in [-0.05, 0) is 61.0 Å². The number of nitrogens with one attached hydrogen (secondary N) is 1. The standard InChI is InChI=1S/C24H20BrN3O7/c1-2-33-22-13-16(7-12-21(22)35-24(30)17-8-10-18(25)11-9-17)14-26-27-23(29)15-34-20-6-4-3-5-19(20)28(31)32/h3-14H,2,15H2,1H3,(H,27,29). The minimum atomic E-state index is -0.607. The van der Waals surface area contributed by atoms with Crippen LogP contribution in [0.1, 0.15) is 22.8 Å². The number of esters is 1. The molecule has 1 amide bonds. The Kier molecular flexibility index (Phi) is 8.90. The highest BCUT2D eigenvalue weighted by molar-refractivity contribution is 9.10. The molecule has 0 spiro atoms. The van der Waals surface area contributed by atoms with Gasteiger partial charge in [0.25, 0.3) is 5.91 Å². The van der Waals surface area contributed by atoms with E-state index in [-0.39, 0.29) is 17.2 Å². The lowest BCUT2D eigenvalue weighted by atomic mass is 10.2. The molecule has 0 atom stereocenters. The zero-order chi connectivity index (χ0) is 25.2. The number of para-hydroxylation sites is 2. The summed E-state index contributed by atoms with van der Waals surface area (Å²) in [5.41, 5.74) is 2.99. The summed E-state index contributed by atoms with van der Waals surface area (Å²) >= 11 is 3.32. The first kappa shape index (κ1) is 25.4. The third-order valence-corrected chi connectivity index (χ3v) is 4.90. The molecule has 0 saturated carbocycles. The normalized spacial score (nSPS) is 10.6. The van der Waals surface area contributed by atoms with Crippen LogP contribution in [-0.2, 0) is 4.79 Å². The van der Waals surface area contributed by atoms with Crippen LogP contribution in [0.25, 0.3) is 0 Å². The van der Waals surface area contributed by atoms with E-state index in [2.05, 4.69) is 26.5 Å². The number of nitrogens with zero attached hydrogens (tertiary/aromatic N) is 2. The summed E-state index contributed by atoms with van der Waals surface area (Å²) < 4.78 is 17.1. The molecule has 11 heteroatoms. The molecular formula is C24H20BrN3O7. The lowest BCUT2D eigenvalue weighted by Gasteiger charge is -2.11. The molecule has 10 nitrogen and oxygen atoms in total. The summed E-state index contributed by atoms with van der Waals surface area (Å²) in [6.07, 6.45) is 1.37. The van der Waals surface area contributed by atoms with E-state index in [1.54, 1.807) is 55.5 Å². The summed E-state index contributed by atoms with van der Waals surface area (Å²) in [4.78, 5) is 34.8. The first-order valence-corrected chi connectivity index (χ1v) is 11.1. The Morgan fingerprint density at radius 3 is 2.49 bits per heavy atom. The molecule has 0 saturated heterocycles. The summed E-state index contributed by atoms with van der Waals surface area (Å²) in [6, 6.07) is 17.3. The lowest BCUT2D eigenvalue weighted by molar-refractivity contribution is -0.385. The maximum atomic E-state index is 12.4. The van der Waals surface area contributed by atoms with Crippen LogP contribution in [-0.4, -0.2) is 36.2 Å². The molecule has 3 aromatic rings. The van der Waals surface area contributed by atoms with Gasteiger partial charge in [0.2, 0.25) is 0 Å². The van der Waals surface area contributed by atoms with Crippen LogP contribution in [0.2, 0.25) is 0 Å². The molecule has 0 aliphatic heterocycles. The molecule has 0 fully saturated rings. The second kappa shape index (κ2) is 12.3. The van der Waals surface area contributed by atoms with Gasteiger partial charge in [0, 0.05) is 10.5 Å². The van der Waals surface area contributed by atoms with Crippen molar-refractivity contribution >= 4 is 39.7 Å². The molecule has 180 valence electrons. The molecule has 35 heavy (non-hydrogen) atoms. The average Bonchev–Trinajstić information content (AvgIpc) is 2.85. The van der Waals surface area contributed by atoms with Crippen molar-refractivity contribution in [3.63, 3.8) is 0 Å². The fourth-order valence-corrected chi connectivity index (χ4v) is 3.05. The number of ether oxygens (including phenoxy) is 3. The van der Waals surface area contributed by atoms with Crippen molar-refractivity contribution < 1.29 is 28.7 Å². The number of rotatable bonds is 10. The minimum Gasteiger partial charge on any atom is -0.490 e. The monoisotopic (exact) mass is 541 g/mol. The molecule has 0 aliphatic rings. The number of hydrogen-bond donors (Lipinski definition) is 1. The maximum Gasteiger partial charge on any atom is 0.343 e. The highest BCUT2D eigenvalue weighted by Gasteiger charge is 2.15. The van der Waals surface area contributed by atoms with Gasteiger partial charge in [0.05, 0.1) is 23.3 Å². The molecule has 0 bridgehead atoms. The molecule has 0 heterocycles. The van der Waals surface area contributed by atoms with Crippen LogP contribution < -0.4 is 19.6 Å². The van der Waals surface area contributed by atoms with E-state index in [4.69, 9.17) is 14.2 Å². The third kappa shape index (κ3) is 7.37. The zero-order valence-corrected chi connectivity index (χ0v) is 20.1. The van der Waals surface area contributed by atoms with E-state index in [0.717, 1.165) is 4.47 Å². The van der Waals surface area contributed by atoms with Crippen LogP contribution in [0.3, 0.4) is 0 Å². The number of hydrogen-bond acceptors (Lipinski definition) is 8. The van der Waals surface area contributed by atoms with Gasteiger partial charge in [0.15, 0.2) is 23.9 Å². The lowest BCUT2D eigenvalue weighted by Crippen LogP contribution is -2.24. The van der Waals surface area contributed by atoms with E-state index in [1.165, 1.54) is 24.4 Å². The number of carbonyl (C=O) groups is 2. The third-order valence-electron chi connectivity index (χ3n) is 4.37. The summed E-state index contributed by atoms with van der Waals surface area (Å²) in [7, 11) is 0. The van der Waals surface area contributed by atoms with Crippen LogP contribution >= 0.6 is 15.9 Å². The smallest absolute Gasteiger partial charge is 0.343 e. The highest BCUT2D eigenvalue weighted by atomic mass is 79.9. The zero-order valence-electron chi connectivity index (χ0n) is 18.5. The SMILES string of the molecule is CCOc1cc(C=NNC(=O)COc2ccccc2[N+](=O)[O-])ccc1OC(=O)c1ccc(Br)cc1. The Morgan fingerprint density at radius 1 is 1.03 bits per heavy atom. The second-order valence-corrected chi connectivity index (χ2v) is 7.76. The van der Waals surface area contributed by atoms with Crippen molar-refractivity contribution in [2.75, 3.05) is 13.2 Å². The number of hydrazone groups is 1. The Labute approximate surface area is 208 Å². The van der Waals surface area contributed by atoms with Crippen molar-refractivity contribution in [3.8, 4) is 17.2 Å². The Bertz CT molecular complexity index is 1250. The largest absolute Gasteiger partial charge is 0.490 e. The Balaban J connectivity index is 1.60. The van der Waals surface area contributed by atoms with Crippen LogP contribution in [0, 0.1) is 10.1 Å². The molecule has 0 aliphatic carbocycles. The number of halogens is 1. The van der Waals surface area contributed by atoms with Gasteiger partial charge in [-0.1, -0.05) is 28.1 Å². The number of amides is 1. The molecule has 0 aromatic heterocycles. The topological polar surface area (TPSA) is 129 Å². The van der Waals surface area contributed by atoms with E-state index < -0.39 is 23.4 Å². The average molecular weight is 542 g/mol. The van der Waals surface area contributed by atoms with Gasteiger partial charge >= 0.3 is 11.7 Å². The van der Waals surface area contributed by atoms with E-state index in [1.807, 2.05) is 0 Å². The quantitative estimate of drug-likeness (QED) is 0.131. The van der Waals surface area contributed by atoms with Gasteiger partial charge in [-0.3, -0.25) is 14.9 Å². The first-order valence-electron chi connectivity index (χ1n) is 10.3.